The van der Waals surface area contributed by atoms with Crippen LogP contribution in [0.25, 0.3) is 6.08 Å². The molecular formula is C19H19N3O. The average molecular weight is 305 g/mol. The largest absolute Gasteiger partial charge is 0.320 e. The molecule has 23 heavy (non-hydrogen) atoms. The van der Waals surface area contributed by atoms with Crippen molar-refractivity contribution in [2.45, 2.75) is 26.2 Å². The lowest BCUT2D eigenvalue weighted by atomic mass is 9.86. The first-order valence-corrected chi connectivity index (χ1v) is 7.34. The fourth-order valence-corrected chi connectivity index (χ4v) is 2.03. The summed E-state index contributed by atoms with van der Waals surface area (Å²) in [6.45, 7) is 6.42. The van der Waals surface area contributed by atoms with E-state index in [0.29, 0.717) is 5.69 Å². The highest BCUT2D eigenvalue weighted by atomic mass is 16.1. The Hall–Kier alpha value is -2.93. The van der Waals surface area contributed by atoms with Gasteiger partial charge in [0, 0.05) is 6.20 Å². The minimum absolute atomic E-state index is 0.0531. The molecule has 116 valence electrons. The number of amides is 1. The molecule has 2 rings (SSSR count). The van der Waals surface area contributed by atoms with E-state index in [0.717, 1.165) is 5.56 Å². The molecule has 1 heterocycles. The van der Waals surface area contributed by atoms with Gasteiger partial charge < -0.3 is 5.32 Å². The van der Waals surface area contributed by atoms with Crippen LogP contribution in [0.3, 0.4) is 0 Å². The summed E-state index contributed by atoms with van der Waals surface area (Å²) in [6.07, 6.45) is 4.73. The van der Waals surface area contributed by atoms with E-state index < -0.39 is 5.91 Å². The van der Waals surface area contributed by atoms with Crippen molar-refractivity contribution in [1.29, 1.82) is 5.26 Å². The van der Waals surface area contributed by atoms with Gasteiger partial charge in [-0.2, -0.15) is 5.26 Å². The molecule has 0 bridgehead atoms. The summed E-state index contributed by atoms with van der Waals surface area (Å²) in [7, 11) is 0. The summed E-state index contributed by atoms with van der Waals surface area (Å²) < 4.78 is 0. The number of hydrogen-bond donors (Lipinski definition) is 1. The van der Waals surface area contributed by atoms with Gasteiger partial charge in [-0.05, 0) is 34.8 Å². The topological polar surface area (TPSA) is 65.8 Å². The van der Waals surface area contributed by atoms with Crippen LogP contribution in [0.5, 0.6) is 0 Å². The summed E-state index contributed by atoms with van der Waals surface area (Å²) >= 11 is 0. The number of hydrogen-bond acceptors (Lipinski definition) is 3. The van der Waals surface area contributed by atoms with Crippen LogP contribution in [-0.2, 0) is 10.2 Å². The van der Waals surface area contributed by atoms with Crippen molar-refractivity contribution in [3.05, 3.63) is 65.5 Å². The minimum atomic E-state index is -0.444. The highest BCUT2D eigenvalue weighted by Gasteiger charge is 2.13. The van der Waals surface area contributed by atoms with E-state index in [-0.39, 0.29) is 11.0 Å². The van der Waals surface area contributed by atoms with Crippen molar-refractivity contribution in [3.8, 4) is 6.07 Å². The third kappa shape index (κ3) is 4.52. The molecule has 1 aromatic carbocycles. The number of benzene rings is 1. The van der Waals surface area contributed by atoms with E-state index in [4.69, 9.17) is 0 Å². The van der Waals surface area contributed by atoms with Gasteiger partial charge in [0.1, 0.15) is 11.6 Å². The first-order valence-electron chi connectivity index (χ1n) is 7.34. The maximum atomic E-state index is 12.1. The van der Waals surface area contributed by atoms with Gasteiger partial charge in [-0.15, -0.1) is 0 Å². The molecule has 1 amide bonds. The van der Waals surface area contributed by atoms with Gasteiger partial charge in [0.05, 0.1) is 11.9 Å². The second kappa shape index (κ2) is 6.89. The molecule has 0 radical (unpaired) electrons. The van der Waals surface area contributed by atoms with E-state index in [9.17, 15) is 10.1 Å². The van der Waals surface area contributed by atoms with Gasteiger partial charge >= 0.3 is 0 Å². The predicted octanol–water partition coefficient (Wildman–Crippen LogP) is 3.92. The van der Waals surface area contributed by atoms with Crippen LogP contribution in [0.2, 0.25) is 0 Å². The van der Waals surface area contributed by atoms with E-state index in [1.165, 1.54) is 11.8 Å². The highest BCUT2D eigenvalue weighted by Crippen LogP contribution is 2.22. The molecule has 0 spiro atoms. The standard InChI is InChI=1S/C19H19N3O/c1-19(2,3)16-8-6-14(7-9-16)11-15(12-20)18(23)22-17-5-4-10-21-13-17/h4-11,13H,1-3H3,(H,22,23)/b15-11+. The molecule has 1 aromatic heterocycles. The number of carbonyl (C=O) groups is 1. The second-order valence-electron chi connectivity index (χ2n) is 6.24. The molecular weight excluding hydrogens is 286 g/mol. The van der Waals surface area contributed by atoms with Gasteiger partial charge in [0.2, 0.25) is 0 Å². The number of anilines is 1. The zero-order chi connectivity index (χ0) is 16.9. The third-order valence-corrected chi connectivity index (χ3v) is 3.37. The summed E-state index contributed by atoms with van der Waals surface area (Å²) in [4.78, 5) is 16.1. The van der Waals surface area contributed by atoms with Gasteiger partial charge in [-0.25, -0.2) is 0 Å². The molecule has 0 aliphatic heterocycles. The fraction of sp³-hybridized carbons (Fsp3) is 0.211. The lowest BCUT2D eigenvalue weighted by Crippen LogP contribution is -2.13. The lowest BCUT2D eigenvalue weighted by molar-refractivity contribution is -0.112. The Labute approximate surface area is 136 Å². The smallest absolute Gasteiger partial charge is 0.266 e. The Morgan fingerprint density at radius 1 is 1.22 bits per heavy atom. The second-order valence-corrected chi connectivity index (χ2v) is 6.24. The first kappa shape index (κ1) is 16.4. The molecule has 2 aromatic rings. The number of rotatable bonds is 3. The van der Waals surface area contributed by atoms with Crippen molar-refractivity contribution >= 4 is 17.7 Å². The highest BCUT2D eigenvalue weighted by molar-refractivity contribution is 6.09. The Kier molecular flexibility index (Phi) is 4.92. The van der Waals surface area contributed by atoms with Crippen LogP contribution in [0.15, 0.2) is 54.4 Å². The van der Waals surface area contributed by atoms with Crippen LogP contribution >= 0.6 is 0 Å². The van der Waals surface area contributed by atoms with Crippen molar-refractivity contribution < 1.29 is 4.79 Å². The van der Waals surface area contributed by atoms with Gasteiger partial charge in [0.15, 0.2) is 0 Å². The quantitative estimate of drug-likeness (QED) is 0.690. The summed E-state index contributed by atoms with van der Waals surface area (Å²) in [5, 5.41) is 11.9. The summed E-state index contributed by atoms with van der Waals surface area (Å²) in [5.74, 6) is -0.444. The average Bonchev–Trinajstić information content (AvgIpc) is 2.53. The molecule has 4 heteroatoms. The van der Waals surface area contributed by atoms with Crippen molar-refractivity contribution in [1.82, 2.24) is 4.98 Å². The van der Waals surface area contributed by atoms with E-state index in [2.05, 4.69) is 31.1 Å². The molecule has 0 saturated heterocycles. The van der Waals surface area contributed by atoms with Crippen LogP contribution in [0.4, 0.5) is 5.69 Å². The third-order valence-electron chi connectivity index (χ3n) is 3.37. The number of carbonyl (C=O) groups excluding carboxylic acids is 1. The first-order chi connectivity index (χ1) is 10.9. The molecule has 1 N–H and O–H groups in total. The van der Waals surface area contributed by atoms with Crippen LogP contribution in [-0.4, -0.2) is 10.9 Å². The molecule has 0 unspecified atom stereocenters. The summed E-state index contributed by atoms with van der Waals surface area (Å²) in [5.41, 5.74) is 2.70. The van der Waals surface area contributed by atoms with E-state index in [1.807, 2.05) is 30.3 Å². The molecule has 0 aliphatic carbocycles. The molecule has 0 fully saturated rings. The zero-order valence-electron chi connectivity index (χ0n) is 13.5. The fourth-order valence-electron chi connectivity index (χ4n) is 2.03. The van der Waals surface area contributed by atoms with Crippen LogP contribution < -0.4 is 5.32 Å². The maximum Gasteiger partial charge on any atom is 0.266 e. The Bertz CT molecular complexity index is 748. The monoisotopic (exact) mass is 305 g/mol. The normalized spacial score (nSPS) is 11.7. The summed E-state index contributed by atoms with van der Waals surface area (Å²) in [6, 6.07) is 13.2. The number of nitrogens with zero attached hydrogens (tertiary/aromatic N) is 2. The minimum Gasteiger partial charge on any atom is -0.320 e. The maximum absolute atomic E-state index is 12.1. The van der Waals surface area contributed by atoms with E-state index >= 15 is 0 Å². The zero-order valence-corrected chi connectivity index (χ0v) is 13.5. The Morgan fingerprint density at radius 2 is 1.91 bits per heavy atom. The van der Waals surface area contributed by atoms with Crippen LogP contribution in [0.1, 0.15) is 31.9 Å². The SMILES string of the molecule is CC(C)(C)c1ccc(/C=C(\C#N)C(=O)Nc2cccnc2)cc1. The van der Waals surface area contributed by atoms with Crippen LogP contribution in [0, 0.1) is 11.3 Å². The molecule has 4 nitrogen and oxygen atoms in total. The number of pyridine rings is 1. The van der Waals surface area contributed by atoms with Gasteiger partial charge in [0.25, 0.3) is 5.91 Å². The predicted molar refractivity (Wildman–Crippen MR) is 91.6 cm³/mol. The van der Waals surface area contributed by atoms with Crippen molar-refractivity contribution in [2.24, 2.45) is 0 Å². The molecule has 0 atom stereocenters. The van der Waals surface area contributed by atoms with Crippen molar-refractivity contribution in [2.75, 3.05) is 5.32 Å². The Balaban J connectivity index is 2.18. The number of nitriles is 1. The van der Waals surface area contributed by atoms with Gasteiger partial charge in [-0.3, -0.25) is 9.78 Å². The van der Waals surface area contributed by atoms with E-state index in [1.54, 1.807) is 24.4 Å². The lowest BCUT2D eigenvalue weighted by Gasteiger charge is -2.18. The number of aromatic nitrogens is 1. The molecule has 0 aliphatic rings. The van der Waals surface area contributed by atoms with Gasteiger partial charge in [-0.1, -0.05) is 45.0 Å². The molecule has 0 saturated carbocycles. The van der Waals surface area contributed by atoms with Crippen molar-refractivity contribution in [3.63, 3.8) is 0 Å². The Morgan fingerprint density at radius 3 is 2.43 bits per heavy atom. The number of nitrogens with one attached hydrogen (secondary N) is 1.